The lowest BCUT2D eigenvalue weighted by Gasteiger charge is -2.32. The van der Waals surface area contributed by atoms with Gasteiger partial charge in [-0.15, -0.1) is 0 Å². The summed E-state index contributed by atoms with van der Waals surface area (Å²) in [5.74, 6) is 0.692. The van der Waals surface area contributed by atoms with Crippen LogP contribution in [0, 0.1) is 5.92 Å². The minimum absolute atomic E-state index is 0.146. The number of imide groups is 1. The molecule has 0 unspecified atom stereocenters. The van der Waals surface area contributed by atoms with E-state index < -0.39 is 0 Å². The number of rotatable bonds is 7. The van der Waals surface area contributed by atoms with E-state index in [1.807, 2.05) is 4.90 Å². The Morgan fingerprint density at radius 1 is 1.21 bits per heavy atom. The molecule has 2 aliphatic heterocycles. The highest BCUT2D eigenvalue weighted by Crippen LogP contribution is 2.21. The van der Waals surface area contributed by atoms with Gasteiger partial charge in [0.25, 0.3) is 0 Å². The van der Waals surface area contributed by atoms with Crippen molar-refractivity contribution in [3.63, 3.8) is 0 Å². The Hall–Kier alpha value is -1.63. The summed E-state index contributed by atoms with van der Waals surface area (Å²) >= 11 is 0. The Morgan fingerprint density at radius 2 is 1.88 bits per heavy atom. The van der Waals surface area contributed by atoms with Crippen molar-refractivity contribution < 1.29 is 14.4 Å². The summed E-state index contributed by atoms with van der Waals surface area (Å²) in [5.41, 5.74) is 0. The molecule has 2 fully saturated rings. The Kier molecular flexibility index (Phi) is 6.60. The molecule has 7 nitrogen and oxygen atoms in total. The zero-order valence-electron chi connectivity index (χ0n) is 15.2. The molecule has 4 amide bonds. The fourth-order valence-corrected chi connectivity index (χ4v) is 3.35. The third-order valence-corrected chi connectivity index (χ3v) is 4.96. The van der Waals surface area contributed by atoms with Gasteiger partial charge in [0.1, 0.15) is 6.54 Å². The monoisotopic (exact) mass is 338 g/mol. The number of carbonyl (C=O) groups is 3. The fourth-order valence-electron chi connectivity index (χ4n) is 3.35. The molecular formula is C17H30N4O3. The first-order valence-corrected chi connectivity index (χ1v) is 8.86. The molecule has 0 aliphatic carbocycles. The number of amides is 4. The molecule has 0 saturated carbocycles. The van der Waals surface area contributed by atoms with Crippen molar-refractivity contribution in [1.29, 1.82) is 0 Å². The number of likely N-dealkylation sites (tertiary alicyclic amines) is 1. The molecule has 0 atom stereocenters. The first kappa shape index (κ1) is 18.7. The lowest BCUT2D eigenvalue weighted by Crippen LogP contribution is -2.39. The van der Waals surface area contributed by atoms with E-state index in [2.05, 4.69) is 19.0 Å². The number of likely N-dealkylation sites (N-methyl/N-ethyl adjacent to an activating group) is 1. The molecule has 0 N–H and O–H groups in total. The molecule has 7 heteroatoms. The van der Waals surface area contributed by atoms with Crippen molar-refractivity contribution in [2.75, 3.05) is 53.9 Å². The highest BCUT2D eigenvalue weighted by Gasteiger charge is 2.33. The Labute approximate surface area is 144 Å². The Morgan fingerprint density at radius 3 is 2.42 bits per heavy atom. The molecule has 2 saturated heterocycles. The first-order valence-electron chi connectivity index (χ1n) is 8.86. The molecule has 136 valence electrons. The SMILES string of the molecule is CN(C)CCC1CCN(C(=O)CCCN2C(=O)CN(C)C2=O)CC1. The molecule has 24 heavy (non-hydrogen) atoms. The zero-order valence-corrected chi connectivity index (χ0v) is 15.2. The van der Waals surface area contributed by atoms with Crippen LogP contribution < -0.4 is 0 Å². The number of hydrogen-bond donors (Lipinski definition) is 0. The van der Waals surface area contributed by atoms with Crippen molar-refractivity contribution in [2.24, 2.45) is 5.92 Å². The second-order valence-electron chi connectivity index (χ2n) is 7.20. The van der Waals surface area contributed by atoms with Gasteiger partial charge in [0.15, 0.2) is 0 Å². The predicted octanol–water partition coefficient (Wildman–Crippen LogP) is 0.851. The lowest BCUT2D eigenvalue weighted by atomic mass is 9.93. The molecule has 2 rings (SSSR count). The van der Waals surface area contributed by atoms with Crippen LogP contribution in [0.1, 0.15) is 32.1 Å². The number of hydrogen-bond acceptors (Lipinski definition) is 4. The van der Waals surface area contributed by atoms with E-state index in [0.29, 0.717) is 25.3 Å². The molecule has 0 spiro atoms. The topological polar surface area (TPSA) is 64.2 Å². The normalized spacial score (nSPS) is 19.8. The summed E-state index contributed by atoms with van der Waals surface area (Å²) in [7, 11) is 5.80. The second kappa shape index (κ2) is 8.46. The molecule has 0 aromatic rings. The minimum Gasteiger partial charge on any atom is -0.343 e. The van der Waals surface area contributed by atoms with Gasteiger partial charge in [-0.05, 0) is 52.2 Å². The number of urea groups is 1. The van der Waals surface area contributed by atoms with Crippen molar-refractivity contribution >= 4 is 17.8 Å². The van der Waals surface area contributed by atoms with Gasteiger partial charge in [-0.25, -0.2) is 4.79 Å². The van der Waals surface area contributed by atoms with E-state index >= 15 is 0 Å². The molecule has 2 heterocycles. The van der Waals surface area contributed by atoms with E-state index in [9.17, 15) is 14.4 Å². The summed E-state index contributed by atoms with van der Waals surface area (Å²) in [5, 5.41) is 0. The quantitative estimate of drug-likeness (QED) is 0.646. The van der Waals surface area contributed by atoms with Gasteiger partial charge in [-0.2, -0.15) is 0 Å². The number of carbonyl (C=O) groups excluding carboxylic acids is 3. The Balaban J connectivity index is 1.65. The highest BCUT2D eigenvalue weighted by atomic mass is 16.2. The second-order valence-corrected chi connectivity index (χ2v) is 7.20. The molecule has 0 bridgehead atoms. The maximum absolute atomic E-state index is 12.3. The third-order valence-electron chi connectivity index (χ3n) is 4.96. The Bertz CT molecular complexity index is 472. The standard InChI is InChI=1S/C17H30N4O3/c1-18(2)10-6-14-7-11-20(12-8-14)15(22)5-4-9-21-16(23)13-19(3)17(21)24/h14H,4-13H2,1-3H3. The maximum atomic E-state index is 12.3. The van der Waals surface area contributed by atoms with Crippen LogP contribution in [-0.2, 0) is 9.59 Å². The molecule has 0 radical (unpaired) electrons. The van der Waals surface area contributed by atoms with Crippen molar-refractivity contribution in [1.82, 2.24) is 19.6 Å². The van der Waals surface area contributed by atoms with Gasteiger partial charge in [-0.1, -0.05) is 0 Å². The first-order chi connectivity index (χ1) is 11.4. The van der Waals surface area contributed by atoms with E-state index in [-0.39, 0.29) is 24.4 Å². The minimum atomic E-state index is -0.255. The smallest absolute Gasteiger partial charge is 0.326 e. The summed E-state index contributed by atoms with van der Waals surface area (Å²) in [6.45, 7) is 3.26. The van der Waals surface area contributed by atoms with Gasteiger partial charge in [0.2, 0.25) is 11.8 Å². The van der Waals surface area contributed by atoms with E-state index in [1.165, 1.54) is 16.2 Å². The van der Waals surface area contributed by atoms with E-state index in [0.717, 1.165) is 32.5 Å². The lowest BCUT2D eigenvalue weighted by molar-refractivity contribution is -0.133. The van der Waals surface area contributed by atoms with E-state index in [1.54, 1.807) is 7.05 Å². The number of piperidine rings is 1. The van der Waals surface area contributed by atoms with Crippen LogP contribution in [0.3, 0.4) is 0 Å². The van der Waals surface area contributed by atoms with Gasteiger partial charge < -0.3 is 14.7 Å². The van der Waals surface area contributed by atoms with Crippen LogP contribution in [0.5, 0.6) is 0 Å². The van der Waals surface area contributed by atoms with Crippen molar-refractivity contribution in [3.8, 4) is 0 Å². The van der Waals surface area contributed by atoms with Crippen LogP contribution >= 0.6 is 0 Å². The van der Waals surface area contributed by atoms with Crippen LogP contribution in [0.15, 0.2) is 0 Å². The number of nitrogens with zero attached hydrogens (tertiary/aromatic N) is 4. The molecule has 0 aromatic carbocycles. The summed E-state index contributed by atoms with van der Waals surface area (Å²) in [6.07, 6.45) is 4.30. The van der Waals surface area contributed by atoms with Crippen LogP contribution in [0.4, 0.5) is 4.79 Å². The van der Waals surface area contributed by atoms with Crippen LogP contribution in [0.25, 0.3) is 0 Å². The molecular weight excluding hydrogens is 308 g/mol. The highest BCUT2D eigenvalue weighted by molar-refractivity contribution is 6.01. The summed E-state index contributed by atoms with van der Waals surface area (Å²) < 4.78 is 0. The average Bonchev–Trinajstić information content (AvgIpc) is 2.79. The van der Waals surface area contributed by atoms with Gasteiger partial charge in [0.05, 0.1) is 0 Å². The van der Waals surface area contributed by atoms with E-state index in [4.69, 9.17) is 0 Å². The van der Waals surface area contributed by atoms with Crippen molar-refractivity contribution in [2.45, 2.75) is 32.1 Å². The van der Waals surface area contributed by atoms with Crippen molar-refractivity contribution in [3.05, 3.63) is 0 Å². The van der Waals surface area contributed by atoms with Crippen LogP contribution in [-0.4, -0.2) is 91.3 Å². The van der Waals surface area contributed by atoms with Crippen LogP contribution in [0.2, 0.25) is 0 Å². The third kappa shape index (κ3) is 4.93. The molecule has 2 aliphatic rings. The zero-order chi connectivity index (χ0) is 17.7. The van der Waals surface area contributed by atoms with Gasteiger partial charge in [0, 0.05) is 33.1 Å². The summed E-state index contributed by atoms with van der Waals surface area (Å²) in [4.78, 5) is 42.5. The summed E-state index contributed by atoms with van der Waals surface area (Å²) in [6, 6.07) is -0.255. The predicted molar refractivity (Wildman–Crippen MR) is 91.4 cm³/mol. The maximum Gasteiger partial charge on any atom is 0.326 e. The fraction of sp³-hybridized carbons (Fsp3) is 0.824. The molecule has 0 aromatic heterocycles. The van der Waals surface area contributed by atoms with Gasteiger partial charge >= 0.3 is 6.03 Å². The average molecular weight is 338 g/mol. The van der Waals surface area contributed by atoms with Gasteiger partial charge in [-0.3, -0.25) is 14.5 Å². The largest absolute Gasteiger partial charge is 0.343 e.